The molecule has 3 amide bonds. The lowest BCUT2D eigenvalue weighted by molar-refractivity contribution is -0.125. The number of likely N-dealkylation sites (N-methyl/N-ethyl adjacent to an activating group) is 1. The number of carbonyl (C=O) groups is 2. The van der Waals surface area contributed by atoms with E-state index < -0.39 is 6.04 Å². The van der Waals surface area contributed by atoms with Gasteiger partial charge in [0, 0.05) is 27.3 Å². The summed E-state index contributed by atoms with van der Waals surface area (Å²) in [7, 11) is 3.29. The van der Waals surface area contributed by atoms with Gasteiger partial charge in [-0.15, -0.1) is 0 Å². The number of ether oxygens (including phenoxy) is 1. The van der Waals surface area contributed by atoms with E-state index in [1.54, 1.807) is 37.3 Å². The van der Waals surface area contributed by atoms with E-state index in [2.05, 4.69) is 5.32 Å². The van der Waals surface area contributed by atoms with E-state index in [0.29, 0.717) is 46.6 Å². The molecule has 6 nitrogen and oxygen atoms in total. The first-order chi connectivity index (χ1) is 12.0. The van der Waals surface area contributed by atoms with Crippen LogP contribution in [0.5, 0.6) is 0 Å². The molecule has 0 bridgehead atoms. The highest BCUT2D eigenvalue weighted by atomic mass is 35.5. The minimum Gasteiger partial charge on any atom is -0.385 e. The molecule has 0 saturated carbocycles. The van der Waals surface area contributed by atoms with Crippen LogP contribution in [0, 0.1) is 0 Å². The van der Waals surface area contributed by atoms with Crippen molar-refractivity contribution in [3.05, 3.63) is 45.1 Å². The number of halogens is 2. The van der Waals surface area contributed by atoms with Gasteiger partial charge in [-0.25, -0.2) is 4.79 Å². The third-order valence-corrected chi connectivity index (χ3v) is 5.34. The molecular formula is C17H19Cl2N3O3. The van der Waals surface area contributed by atoms with Gasteiger partial charge in [-0.1, -0.05) is 35.3 Å². The monoisotopic (exact) mass is 383 g/mol. The Balaban J connectivity index is 1.96. The van der Waals surface area contributed by atoms with E-state index in [4.69, 9.17) is 27.9 Å². The Morgan fingerprint density at radius 3 is 2.80 bits per heavy atom. The van der Waals surface area contributed by atoms with Crippen LogP contribution in [0.3, 0.4) is 0 Å². The number of amides is 3. The summed E-state index contributed by atoms with van der Waals surface area (Å²) in [6.45, 7) is 1.54. The van der Waals surface area contributed by atoms with E-state index in [1.165, 1.54) is 4.90 Å². The van der Waals surface area contributed by atoms with Crippen LogP contribution in [0.25, 0.3) is 0 Å². The zero-order valence-electron chi connectivity index (χ0n) is 14.0. The molecule has 2 aliphatic heterocycles. The zero-order chi connectivity index (χ0) is 18.1. The van der Waals surface area contributed by atoms with Crippen molar-refractivity contribution in [2.45, 2.75) is 12.5 Å². The van der Waals surface area contributed by atoms with E-state index in [0.717, 1.165) is 6.42 Å². The summed E-state index contributed by atoms with van der Waals surface area (Å²) in [6.07, 6.45) is 0.733. The Labute approximate surface area is 156 Å². The Morgan fingerprint density at radius 2 is 2.08 bits per heavy atom. The van der Waals surface area contributed by atoms with Gasteiger partial charge in [0.05, 0.1) is 33.9 Å². The highest BCUT2D eigenvalue weighted by Gasteiger charge is 2.43. The van der Waals surface area contributed by atoms with Crippen LogP contribution in [0.15, 0.2) is 29.5 Å². The van der Waals surface area contributed by atoms with Crippen molar-refractivity contribution >= 4 is 35.1 Å². The molecule has 1 aromatic rings. The Morgan fingerprint density at radius 1 is 1.32 bits per heavy atom. The van der Waals surface area contributed by atoms with Gasteiger partial charge in [-0.3, -0.25) is 9.69 Å². The van der Waals surface area contributed by atoms with Crippen LogP contribution in [-0.4, -0.2) is 55.6 Å². The van der Waals surface area contributed by atoms with Crippen LogP contribution in [-0.2, 0) is 9.53 Å². The number of urea groups is 1. The average Bonchev–Trinajstić information content (AvgIpc) is 2.91. The fourth-order valence-corrected chi connectivity index (χ4v) is 3.60. The smallest absolute Gasteiger partial charge is 0.322 e. The summed E-state index contributed by atoms with van der Waals surface area (Å²) in [5.41, 5.74) is 1.87. The predicted molar refractivity (Wildman–Crippen MR) is 95.6 cm³/mol. The van der Waals surface area contributed by atoms with Crippen molar-refractivity contribution < 1.29 is 14.3 Å². The van der Waals surface area contributed by atoms with E-state index in [1.807, 2.05) is 0 Å². The number of hydrogen-bond acceptors (Lipinski definition) is 3. The van der Waals surface area contributed by atoms with Crippen molar-refractivity contribution in [2.75, 3.05) is 33.9 Å². The summed E-state index contributed by atoms with van der Waals surface area (Å²) in [6, 6.07) is 4.32. The molecule has 2 heterocycles. The van der Waals surface area contributed by atoms with Crippen molar-refractivity contribution in [1.29, 1.82) is 0 Å². The van der Waals surface area contributed by atoms with Crippen LogP contribution in [0.1, 0.15) is 18.0 Å². The zero-order valence-corrected chi connectivity index (χ0v) is 15.5. The summed E-state index contributed by atoms with van der Waals surface area (Å²) in [5, 5.41) is 3.58. The molecule has 1 unspecified atom stereocenters. The van der Waals surface area contributed by atoms with Crippen molar-refractivity contribution in [3.8, 4) is 0 Å². The van der Waals surface area contributed by atoms with Gasteiger partial charge in [0.15, 0.2) is 0 Å². The molecule has 2 aliphatic rings. The van der Waals surface area contributed by atoms with Gasteiger partial charge in [0.1, 0.15) is 0 Å². The van der Waals surface area contributed by atoms with Crippen molar-refractivity contribution in [3.63, 3.8) is 0 Å². The number of hydrogen-bond donors (Lipinski definition) is 1. The third-order valence-electron chi connectivity index (χ3n) is 4.50. The molecule has 3 rings (SSSR count). The fraction of sp³-hybridized carbons (Fsp3) is 0.412. The lowest BCUT2D eigenvalue weighted by atomic mass is 9.95. The Kier molecular flexibility index (Phi) is 5.22. The Bertz CT molecular complexity index is 751. The molecular weight excluding hydrogens is 365 g/mol. The average molecular weight is 384 g/mol. The highest BCUT2D eigenvalue weighted by Crippen LogP contribution is 2.39. The van der Waals surface area contributed by atoms with E-state index in [-0.39, 0.29) is 11.9 Å². The minimum atomic E-state index is -0.607. The lowest BCUT2D eigenvalue weighted by Gasteiger charge is -2.31. The second-order valence-corrected chi connectivity index (χ2v) is 6.80. The second kappa shape index (κ2) is 7.23. The summed E-state index contributed by atoms with van der Waals surface area (Å²) in [5.74, 6) is -0.0982. The number of carbonyl (C=O) groups excluding carboxylic acids is 2. The number of rotatable bonds is 5. The van der Waals surface area contributed by atoms with Crippen LogP contribution in [0.4, 0.5) is 4.79 Å². The quantitative estimate of drug-likeness (QED) is 0.795. The first-order valence-corrected chi connectivity index (χ1v) is 8.70. The van der Waals surface area contributed by atoms with Gasteiger partial charge in [0.25, 0.3) is 5.91 Å². The molecule has 1 atom stereocenters. The summed E-state index contributed by atoms with van der Waals surface area (Å²) < 4.78 is 5.05. The van der Waals surface area contributed by atoms with E-state index >= 15 is 0 Å². The molecule has 8 heteroatoms. The molecule has 0 aliphatic carbocycles. The fourth-order valence-electron chi connectivity index (χ4n) is 3.18. The van der Waals surface area contributed by atoms with Crippen molar-refractivity contribution in [2.24, 2.45) is 0 Å². The van der Waals surface area contributed by atoms with Gasteiger partial charge >= 0.3 is 6.03 Å². The summed E-state index contributed by atoms with van der Waals surface area (Å²) in [4.78, 5) is 28.5. The molecule has 1 N–H and O–H groups in total. The molecule has 0 spiro atoms. The first-order valence-electron chi connectivity index (χ1n) is 7.95. The maximum atomic E-state index is 12.9. The van der Waals surface area contributed by atoms with Crippen LogP contribution >= 0.6 is 23.2 Å². The standard InChI is InChI=1S/C17H19Cl2N3O3/c1-21-12-9-22(7-4-8-25-2)16(23)13(12)15(20-17(21)24)10-5-3-6-11(18)14(10)19/h3,5-6,15H,4,7-9H2,1-2H3,(H,20,24). The van der Waals surface area contributed by atoms with Gasteiger partial charge in [-0.2, -0.15) is 0 Å². The molecule has 1 aromatic carbocycles. The topological polar surface area (TPSA) is 61.9 Å². The molecule has 0 aromatic heterocycles. The molecule has 25 heavy (non-hydrogen) atoms. The van der Waals surface area contributed by atoms with Gasteiger partial charge in [-0.05, 0) is 18.1 Å². The maximum absolute atomic E-state index is 12.9. The largest absolute Gasteiger partial charge is 0.385 e. The maximum Gasteiger partial charge on any atom is 0.322 e. The normalized spacial score (nSPS) is 20.2. The number of benzene rings is 1. The molecule has 0 radical (unpaired) electrons. The summed E-state index contributed by atoms with van der Waals surface area (Å²) >= 11 is 12.4. The number of methoxy groups -OCH3 is 1. The first kappa shape index (κ1) is 18.0. The molecule has 0 saturated heterocycles. The second-order valence-electron chi connectivity index (χ2n) is 6.02. The van der Waals surface area contributed by atoms with Gasteiger partial charge in [0.2, 0.25) is 0 Å². The van der Waals surface area contributed by atoms with E-state index in [9.17, 15) is 9.59 Å². The number of nitrogens with one attached hydrogen (secondary N) is 1. The highest BCUT2D eigenvalue weighted by molar-refractivity contribution is 6.42. The minimum absolute atomic E-state index is 0.0982. The Hall–Kier alpha value is -1.76. The number of nitrogens with zero attached hydrogens (tertiary/aromatic N) is 2. The van der Waals surface area contributed by atoms with Crippen LogP contribution in [0.2, 0.25) is 10.0 Å². The van der Waals surface area contributed by atoms with Gasteiger partial charge < -0.3 is 15.0 Å². The third kappa shape index (κ3) is 3.21. The van der Waals surface area contributed by atoms with Crippen LogP contribution < -0.4 is 5.32 Å². The lowest BCUT2D eigenvalue weighted by Crippen LogP contribution is -2.45. The molecule has 0 fully saturated rings. The molecule has 134 valence electrons. The SMILES string of the molecule is COCCCN1CC2=C(C1=O)C(c1cccc(Cl)c1Cl)NC(=O)N2C. The predicted octanol–water partition coefficient (Wildman–Crippen LogP) is 2.82. The van der Waals surface area contributed by atoms with Crippen molar-refractivity contribution in [1.82, 2.24) is 15.1 Å².